The van der Waals surface area contributed by atoms with E-state index in [0.29, 0.717) is 56.2 Å². The summed E-state index contributed by atoms with van der Waals surface area (Å²) in [5.41, 5.74) is 0.707. The van der Waals surface area contributed by atoms with E-state index in [1.165, 1.54) is 11.3 Å². The highest BCUT2D eigenvalue weighted by molar-refractivity contribution is 7.16. The molecule has 3 amide bonds. The molecule has 0 aliphatic carbocycles. The third kappa shape index (κ3) is 6.78. The van der Waals surface area contributed by atoms with Crippen LogP contribution >= 0.6 is 11.3 Å². The number of aromatic nitrogens is 2. The van der Waals surface area contributed by atoms with E-state index in [-0.39, 0.29) is 24.5 Å². The number of rotatable bonds is 6. The van der Waals surface area contributed by atoms with Crippen molar-refractivity contribution in [2.24, 2.45) is 0 Å². The Morgan fingerprint density at radius 3 is 2.56 bits per heavy atom. The van der Waals surface area contributed by atoms with Gasteiger partial charge in [-0.3, -0.25) is 14.5 Å². The molecule has 2 saturated heterocycles. The Bertz CT molecular complexity index is 1430. The second-order valence-corrected chi connectivity index (χ2v) is 12.5. The molecule has 4 heterocycles. The predicted molar refractivity (Wildman–Crippen MR) is 156 cm³/mol. The van der Waals surface area contributed by atoms with E-state index in [4.69, 9.17) is 9.47 Å². The molecule has 2 aromatic heterocycles. The van der Waals surface area contributed by atoms with Crippen LogP contribution in [-0.2, 0) is 16.1 Å². The maximum absolute atomic E-state index is 13.3. The third-order valence-electron chi connectivity index (χ3n) is 7.34. The van der Waals surface area contributed by atoms with Crippen LogP contribution in [0.5, 0.6) is 5.88 Å². The van der Waals surface area contributed by atoms with Crippen molar-refractivity contribution >= 4 is 39.5 Å². The molecule has 1 unspecified atom stereocenters. The second kappa shape index (κ2) is 12.0. The summed E-state index contributed by atoms with van der Waals surface area (Å²) in [6.45, 7) is 9.07. The zero-order valence-corrected chi connectivity index (χ0v) is 24.8. The van der Waals surface area contributed by atoms with E-state index < -0.39 is 17.7 Å². The summed E-state index contributed by atoms with van der Waals surface area (Å²) in [4.78, 5) is 52.4. The van der Waals surface area contributed by atoms with Crippen molar-refractivity contribution in [3.63, 3.8) is 0 Å². The average Bonchev–Trinajstić information content (AvgIpc) is 3.61. The van der Waals surface area contributed by atoms with Gasteiger partial charge in [-0.2, -0.15) is 4.98 Å². The topological polar surface area (TPSA) is 114 Å². The van der Waals surface area contributed by atoms with Crippen LogP contribution in [0.4, 0.5) is 4.79 Å². The summed E-state index contributed by atoms with van der Waals surface area (Å²) in [6.07, 6.45) is 2.27. The summed E-state index contributed by atoms with van der Waals surface area (Å²) < 4.78 is 11.6. The Kier molecular flexibility index (Phi) is 8.44. The van der Waals surface area contributed by atoms with Gasteiger partial charge in [0, 0.05) is 36.8 Å². The summed E-state index contributed by atoms with van der Waals surface area (Å²) in [6, 6.07) is 8.79. The lowest BCUT2D eigenvalue weighted by Crippen LogP contribution is -2.53. The van der Waals surface area contributed by atoms with Gasteiger partial charge in [0.1, 0.15) is 28.9 Å². The lowest BCUT2D eigenvalue weighted by molar-refractivity contribution is -0.137. The van der Waals surface area contributed by atoms with Gasteiger partial charge in [0.2, 0.25) is 11.8 Å². The molecule has 2 aliphatic heterocycles. The van der Waals surface area contributed by atoms with Gasteiger partial charge in [0.05, 0.1) is 5.39 Å². The van der Waals surface area contributed by atoms with Crippen LogP contribution in [0.15, 0.2) is 35.7 Å². The smallest absolute Gasteiger partial charge is 0.410 e. The van der Waals surface area contributed by atoms with Gasteiger partial charge in [0.15, 0.2) is 0 Å². The Balaban J connectivity index is 1.16. The van der Waals surface area contributed by atoms with E-state index in [1.54, 1.807) is 11.0 Å². The normalized spacial score (nSPS) is 18.0. The molecule has 1 N–H and O–H groups in total. The number of amides is 3. The Morgan fingerprint density at radius 2 is 1.80 bits per heavy atom. The number of hydrogen-bond donors (Lipinski definition) is 1. The number of carbonyl (C=O) groups excluding carboxylic acids is 3. The zero-order valence-electron chi connectivity index (χ0n) is 24.0. The molecule has 0 bridgehead atoms. The molecule has 1 atom stereocenters. The van der Waals surface area contributed by atoms with E-state index in [0.717, 1.165) is 22.2 Å². The Labute approximate surface area is 244 Å². The third-order valence-corrected chi connectivity index (χ3v) is 8.14. The SMILES string of the molecule is Cc1nc(OCc2ccccc2C(=O)NC2CCN(C(=O)C3CCCN3C(=O)OC(C)(C)C)CC2)c2ccsc2n1. The van der Waals surface area contributed by atoms with Gasteiger partial charge in [-0.25, -0.2) is 9.78 Å². The first kappa shape index (κ1) is 28.8. The largest absolute Gasteiger partial charge is 0.472 e. The number of ether oxygens (including phenoxy) is 2. The van der Waals surface area contributed by atoms with E-state index in [9.17, 15) is 14.4 Å². The quantitative estimate of drug-likeness (QED) is 0.450. The first-order valence-corrected chi connectivity index (χ1v) is 15.0. The lowest BCUT2D eigenvalue weighted by Gasteiger charge is -2.36. The van der Waals surface area contributed by atoms with E-state index in [1.807, 2.05) is 62.2 Å². The highest BCUT2D eigenvalue weighted by atomic mass is 32.1. The van der Waals surface area contributed by atoms with Gasteiger partial charge < -0.3 is 19.7 Å². The number of aryl methyl sites for hydroxylation is 1. The fourth-order valence-electron chi connectivity index (χ4n) is 5.33. The highest BCUT2D eigenvalue weighted by Crippen LogP contribution is 2.28. The van der Waals surface area contributed by atoms with Crippen LogP contribution in [-0.4, -0.2) is 75.0 Å². The van der Waals surface area contributed by atoms with Gasteiger partial charge >= 0.3 is 6.09 Å². The molecular weight excluding hydrogens is 542 g/mol. The minimum absolute atomic E-state index is 0.0414. The zero-order chi connectivity index (χ0) is 29.1. The van der Waals surface area contributed by atoms with Crippen molar-refractivity contribution in [2.45, 2.75) is 77.7 Å². The summed E-state index contributed by atoms with van der Waals surface area (Å²) in [5, 5.41) is 5.96. The monoisotopic (exact) mass is 579 g/mol. The van der Waals surface area contributed by atoms with Crippen molar-refractivity contribution in [2.75, 3.05) is 19.6 Å². The Morgan fingerprint density at radius 1 is 1.05 bits per heavy atom. The number of likely N-dealkylation sites (tertiary alicyclic amines) is 2. The highest BCUT2D eigenvalue weighted by Gasteiger charge is 2.39. The van der Waals surface area contributed by atoms with Crippen LogP contribution in [0.2, 0.25) is 0 Å². The summed E-state index contributed by atoms with van der Waals surface area (Å²) in [7, 11) is 0. The number of hydrogen-bond acceptors (Lipinski definition) is 8. The number of thiophene rings is 1. The molecule has 0 spiro atoms. The molecule has 0 saturated carbocycles. The van der Waals surface area contributed by atoms with Crippen LogP contribution in [0.3, 0.4) is 0 Å². The minimum atomic E-state index is -0.611. The van der Waals surface area contributed by atoms with E-state index in [2.05, 4.69) is 15.3 Å². The first-order valence-electron chi connectivity index (χ1n) is 14.1. The van der Waals surface area contributed by atoms with Crippen molar-refractivity contribution < 1.29 is 23.9 Å². The molecule has 11 heteroatoms. The standard InChI is InChI=1S/C30H37N5O5S/c1-19-31-26(23-13-17-41-27(23)32-19)39-18-20-8-5-6-9-22(20)25(36)33-21-11-15-34(16-12-21)28(37)24-10-7-14-35(24)29(38)40-30(2,3)4/h5-6,8-9,13,17,21,24H,7,10-12,14-16,18H2,1-4H3,(H,33,36). The molecule has 0 radical (unpaired) electrons. The molecule has 1 aromatic carbocycles. The first-order chi connectivity index (χ1) is 19.6. The number of fused-ring (bicyclic) bond motifs is 1. The van der Waals surface area contributed by atoms with Gasteiger partial charge in [0.25, 0.3) is 5.91 Å². The van der Waals surface area contributed by atoms with Crippen LogP contribution in [0.25, 0.3) is 10.2 Å². The average molecular weight is 580 g/mol. The van der Waals surface area contributed by atoms with Gasteiger partial charge in [-0.1, -0.05) is 18.2 Å². The van der Waals surface area contributed by atoms with Crippen molar-refractivity contribution in [3.05, 3.63) is 52.7 Å². The van der Waals surface area contributed by atoms with Gasteiger partial charge in [-0.05, 0) is 70.9 Å². The number of nitrogens with one attached hydrogen (secondary N) is 1. The molecular formula is C30H37N5O5S. The number of benzene rings is 1. The fourth-order valence-corrected chi connectivity index (χ4v) is 6.13. The summed E-state index contributed by atoms with van der Waals surface area (Å²) >= 11 is 1.53. The minimum Gasteiger partial charge on any atom is -0.472 e. The van der Waals surface area contributed by atoms with Crippen LogP contribution in [0.1, 0.15) is 68.2 Å². The van der Waals surface area contributed by atoms with Crippen molar-refractivity contribution in [3.8, 4) is 5.88 Å². The molecule has 218 valence electrons. The number of nitrogens with zero attached hydrogens (tertiary/aromatic N) is 4. The molecule has 3 aromatic rings. The molecule has 2 aliphatic rings. The second-order valence-electron chi connectivity index (χ2n) is 11.6. The van der Waals surface area contributed by atoms with Crippen LogP contribution < -0.4 is 10.1 Å². The molecule has 2 fully saturated rings. The van der Waals surface area contributed by atoms with E-state index >= 15 is 0 Å². The molecule has 5 rings (SSSR count). The maximum atomic E-state index is 13.3. The Hall–Kier alpha value is -3.73. The number of piperidine rings is 1. The summed E-state index contributed by atoms with van der Waals surface area (Å²) in [5.74, 6) is 0.936. The van der Waals surface area contributed by atoms with Crippen molar-refractivity contribution in [1.82, 2.24) is 25.1 Å². The molecule has 41 heavy (non-hydrogen) atoms. The lowest BCUT2D eigenvalue weighted by atomic mass is 10.0. The predicted octanol–water partition coefficient (Wildman–Crippen LogP) is 4.70. The maximum Gasteiger partial charge on any atom is 0.410 e. The molecule has 10 nitrogen and oxygen atoms in total. The van der Waals surface area contributed by atoms with Crippen LogP contribution in [0, 0.1) is 6.92 Å². The number of carbonyl (C=O) groups is 3. The van der Waals surface area contributed by atoms with Crippen molar-refractivity contribution in [1.29, 1.82) is 0 Å². The fraction of sp³-hybridized carbons (Fsp3) is 0.500. The van der Waals surface area contributed by atoms with Gasteiger partial charge in [-0.15, -0.1) is 11.3 Å².